The minimum Gasteiger partial charge on any atom is -0.493 e. The maximum atomic E-state index is 12.8. The molecule has 4 rings (SSSR count). The number of amides is 1. The number of aryl methyl sites for hydroxylation is 3. The molecule has 170 valence electrons. The van der Waals surface area contributed by atoms with E-state index in [-0.39, 0.29) is 12.3 Å². The Hall–Kier alpha value is -3.59. The van der Waals surface area contributed by atoms with E-state index < -0.39 is 0 Å². The lowest BCUT2D eigenvalue weighted by molar-refractivity contribution is -0.115. The predicted molar refractivity (Wildman–Crippen MR) is 129 cm³/mol. The molecule has 0 fully saturated rings. The molecule has 0 aliphatic heterocycles. The number of aromatic nitrogens is 5. The molecular weight excluding hydrogens is 436 g/mol. The number of hydrogen-bond donors (Lipinski definition) is 1. The summed E-state index contributed by atoms with van der Waals surface area (Å²) in [6, 6.07) is 9.66. The first kappa shape index (κ1) is 22.6. The van der Waals surface area contributed by atoms with Gasteiger partial charge in [0.15, 0.2) is 5.13 Å². The van der Waals surface area contributed by atoms with E-state index in [0.29, 0.717) is 17.7 Å². The second-order valence-corrected chi connectivity index (χ2v) is 8.56. The lowest BCUT2D eigenvalue weighted by Crippen LogP contribution is -2.15. The van der Waals surface area contributed by atoms with Gasteiger partial charge in [0.1, 0.15) is 5.75 Å². The van der Waals surface area contributed by atoms with Gasteiger partial charge in [-0.05, 0) is 52.8 Å². The quantitative estimate of drug-likeness (QED) is 0.431. The fourth-order valence-corrected chi connectivity index (χ4v) is 4.39. The molecule has 1 N–H and O–H groups in total. The highest BCUT2D eigenvalue weighted by molar-refractivity contribution is 7.14. The van der Waals surface area contributed by atoms with Crippen molar-refractivity contribution in [1.29, 1.82) is 0 Å². The molecule has 0 atom stereocenters. The Morgan fingerprint density at radius 1 is 1.09 bits per heavy atom. The van der Waals surface area contributed by atoms with Crippen molar-refractivity contribution in [3.8, 4) is 23.0 Å². The zero-order chi connectivity index (χ0) is 23.5. The minimum atomic E-state index is -0.152. The van der Waals surface area contributed by atoms with Crippen molar-refractivity contribution in [2.75, 3.05) is 11.9 Å². The van der Waals surface area contributed by atoms with Crippen molar-refractivity contribution in [2.24, 2.45) is 0 Å². The predicted octanol–water partition coefficient (Wildman–Crippen LogP) is 4.60. The lowest BCUT2D eigenvalue weighted by Gasteiger charge is -2.07. The number of ether oxygens (including phenoxy) is 1. The molecule has 1 amide bonds. The number of thiazole rings is 1. The van der Waals surface area contributed by atoms with Crippen LogP contribution >= 0.6 is 11.3 Å². The molecule has 0 unspecified atom stereocenters. The number of nitrogens with one attached hydrogen (secondary N) is 1. The van der Waals surface area contributed by atoms with Crippen LogP contribution in [0.2, 0.25) is 0 Å². The van der Waals surface area contributed by atoms with Crippen molar-refractivity contribution in [1.82, 2.24) is 24.7 Å². The van der Waals surface area contributed by atoms with E-state index in [9.17, 15) is 4.79 Å². The van der Waals surface area contributed by atoms with Gasteiger partial charge in [-0.2, -0.15) is 5.10 Å². The molecule has 0 radical (unpaired) electrons. The highest BCUT2D eigenvalue weighted by Gasteiger charge is 2.19. The van der Waals surface area contributed by atoms with Crippen molar-refractivity contribution in [3.05, 3.63) is 64.1 Å². The Morgan fingerprint density at radius 2 is 1.82 bits per heavy atom. The van der Waals surface area contributed by atoms with E-state index in [4.69, 9.17) is 4.74 Å². The monoisotopic (exact) mass is 462 g/mol. The van der Waals surface area contributed by atoms with Crippen molar-refractivity contribution in [2.45, 2.75) is 41.0 Å². The second kappa shape index (κ2) is 9.50. The molecule has 0 bridgehead atoms. The fourth-order valence-electron chi connectivity index (χ4n) is 3.67. The van der Waals surface area contributed by atoms with Gasteiger partial charge in [-0.1, -0.05) is 12.1 Å². The van der Waals surface area contributed by atoms with Crippen LogP contribution in [0.25, 0.3) is 17.2 Å². The standard InChI is InChI=1S/C24H26N6O2S/c1-6-32-21-10-8-7-9-18(21)20-13-33-24(27-20)28-22(31)12-19-16(4)29-30(17(19)5)23-25-14(2)11-15(3)26-23/h7-11,13H,6,12H2,1-5H3,(H,27,28,31). The molecule has 0 aliphatic rings. The van der Waals surface area contributed by atoms with Gasteiger partial charge >= 0.3 is 0 Å². The van der Waals surface area contributed by atoms with Gasteiger partial charge in [-0.15, -0.1) is 11.3 Å². The summed E-state index contributed by atoms with van der Waals surface area (Å²) in [4.78, 5) is 26.4. The SMILES string of the molecule is CCOc1ccccc1-c1csc(NC(=O)Cc2c(C)nn(-c3nc(C)cc(C)n3)c2C)n1. The molecule has 33 heavy (non-hydrogen) atoms. The highest BCUT2D eigenvalue weighted by Crippen LogP contribution is 2.32. The second-order valence-electron chi connectivity index (χ2n) is 7.70. The Morgan fingerprint density at radius 3 is 2.55 bits per heavy atom. The van der Waals surface area contributed by atoms with Crippen LogP contribution in [0, 0.1) is 27.7 Å². The van der Waals surface area contributed by atoms with Crippen LogP contribution in [0.1, 0.15) is 35.3 Å². The van der Waals surface area contributed by atoms with E-state index in [1.807, 2.05) is 70.3 Å². The first-order chi connectivity index (χ1) is 15.9. The number of rotatable bonds is 7. The molecule has 3 heterocycles. The van der Waals surface area contributed by atoms with Gasteiger partial charge in [0, 0.05) is 33.6 Å². The smallest absolute Gasteiger partial charge is 0.251 e. The summed E-state index contributed by atoms with van der Waals surface area (Å²) in [5.41, 5.74) is 5.89. The molecule has 9 heteroatoms. The van der Waals surface area contributed by atoms with Crippen molar-refractivity contribution >= 4 is 22.4 Å². The zero-order valence-corrected chi connectivity index (χ0v) is 20.2. The fraction of sp³-hybridized carbons (Fsp3) is 0.292. The maximum Gasteiger partial charge on any atom is 0.251 e. The molecule has 8 nitrogen and oxygen atoms in total. The minimum absolute atomic E-state index is 0.152. The number of nitrogens with zero attached hydrogens (tertiary/aromatic N) is 5. The Labute approximate surface area is 196 Å². The summed E-state index contributed by atoms with van der Waals surface area (Å²) in [5, 5.41) is 9.95. The molecule has 0 saturated heterocycles. The first-order valence-corrected chi connectivity index (χ1v) is 11.6. The number of carbonyl (C=O) groups is 1. The summed E-state index contributed by atoms with van der Waals surface area (Å²) in [5.74, 6) is 1.13. The number of benzene rings is 1. The van der Waals surface area contributed by atoms with Crippen LogP contribution in [0.4, 0.5) is 5.13 Å². The number of hydrogen-bond acceptors (Lipinski definition) is 7. The molecule has 0 spiro atoms. The average molecular weight is 463 g/mol. The van der Waals surface area contributed by atoms with Crippen LogP contribution in [0.3, 0.4) is 0 Å². The van der Waals surface area contributed by atoms with Crippen LogP contribution in [0.15, 0.2) is 35.7 Å². The number of para-hydroxylation sites is 1. The molecule has 4 aromatic rings. The highest BCUT2D eigenvalue weighted by atomic mass is 32.1. The van der Waals surface area contributed by atoms with Gasteiger partial charge in [0.2, 0.25) is 5.91 Å². The Balaban J connectivity index is 1.51. The first-order valence-electron chi connectivity index (χ1n) is 10.7. The molecule has 0 saturated carbocycles. The topological polar surface area (TPSA) is 94.8 Å². The van der Waals surface area contributed by atoms with E-state index in [1.54, 1.807) is 4.68 Å². The molecule has 0 aliphatic carbocycles. The summed E-state index contributed by atoms with van der Waals surface area (Å²) in [6.45, 7) is 10.2. The average Bonchev–Trinajstić information content (AvgIpc) is 3.33. The lowest BCUT2D eigenvalue weighted by atomic mass is 10.1. The van der Waals surface area contributed by atoms with Crippen molar-refractivity contribution < 1.29 is 9.53 Å². The number of carbonyl (C=O) groups excluding carboxylic acids is 1. The van der Waals surface area contributed by atoms with E-state index in [1.165, 1.54) is 11.3 Å². The third-order valence-electron chi connectivity index (χ3n) is 5.15. The largest absolute Gasteiger partial charge is 0.493 e. The Kier molecular flexibility index (Phi) is 6.50. The van der Waals surface area contributed by atoms with Gasteiger partial charge in [-0.3, -0.25) is 4.79 Å². The molecular formula is C24H26N6O2S. The van der Waals surface area contributed by atoms with Crippen LogP contribution in [0.5, 0.6) is 5.75 Å². The zero-order valence-electron chi connectivity index (χ0n) is 19.3. The number of anilines is 1. The summed E-state index contributed by atoms with van der Waals surface area (Å²) >= 11 is 1.38. The summed E-state index contributed by atoms with van der Waals surface area (Å²) in [6.07, 6.45) is 0.187. The molecule has 3 aromatic heterocycles. The Bertz CT molecular complexity index is 1290. The summed E-state index contributed by atoms with van der Waals surface area (Å²) in [7, 11) is 0. The van der Waals surface area contributed by atoms with Crippen LogP contribution in [-0.2, 0) is 11.2 Å². The summed E-state index contributed by atoms with van der Waals surface area (Å²) < 4.78 is 7.40. The van der Waals surface area contributed by atoms with E-state index in [0.717, 1.165) is 45.3 Å². The van der Waals surface area contributed by atoms with Gasteiger partial charge in [-0.25, -0.2) is 19.6 Å². The van der Waals surface area contributed by atoms with Gasteiger partial charge in [0.05, 0.1) is 24.4 Å². The van der Waals surface area contributed by atoms with E-state index in [2.05, 4.69) is 25.4 Å². The molecule has 1 aromatic carbocycles. The van der Waals surface area contributed by atoms with Crippen LogP contribution in [-0.4, -0.2) is 37.2 Å². The van der Waals surface area contributed by atoms with E-state index >= 15 is 0 Å². The third kappa shape index (κ3) is 4.93. The third-order valence-corrected chi connectivity index (χ3v) is 5.91. The van der Waals surface area contributed by atoms with Gasteiger partial charge < -0.3 is 10.1 Å². The van der Waals surface area contributed by atoms with Gasteiger partial charge in [0.25, 0.3) is 5.95 Å². The maximum absolute atomic E-state index is 12.8. The van der Waals surface area contributed by atoms with Crippen molar-refractivity contribution in [3.63, 3.8) is 0 Å². The normalized spacial score (nSPS) is 10.9. The van der Waals surface area contributed by atoms with Crippen LogP contribution < -0.4 is 10.1 Å².